The van der Waals surface area contributed by atoms with E-state index >= 15 is 0 Å². The number of nitrogens with zero attached hydrogens (tertiary/aromatic N) is 1. The minimum absolute atomic E-state index is 0.391. The first-order valence-electron chi connectivity index (χ1n) is 11.5. The second kappa shape index (κ2) is 9.03. The van der Waals surface area contributed by atoms with Crippen LogP contribution in [0, 0.1) is 11.6 Å². The molecule has 1 aliphatic heterocycles. The second-order valence-electron chi connectivity index (χ2n) is 8.91. The normalized spacial score (nSPS) is 14.3. The molecule has 34 heavy (non-hydrogen) atoms. The van der Waals surface area contributed by atoms with Crippen molar-refractivity contribution in [2.45, 2.75) is 31.2 Å². The van der Waals surface area contributed by atoms with Crippen LogP contribution >= 0.6 is 0 Å². The highest BCUT2D eigenvalue weighted by atomic mass is 19.1. The molecule has 1 aliphatic rings. The van der Waals surface area contributed by atoms with Crippen LogP contribution in [0.1, 0.15) is 35.3 Å². The van der Waals surface area contributed by atoms with E-state index in [1.165, 1.54) is 29.8 Å². The number of carbonyl (C=O) groups is 1. The molecule has 5 rings (SSSR count). The Labute approximate surface area is 197 Å². The molecule has 2 N–H and O–H groups in total. The Hall–Kier alpha value is -3.51. The molecular weight excluding hydrogens is 434 g/mol. The van der Waals surface area contributed by atoms with Crippen molar-refractivity contribution in [1.29, 1.82) is 0 Å². The zero-order chi connectivity index (χ0) is 23.7. The van der Waals surface area contributed by atoms with E-state index in [9.17, 15) is 13.6 Å². The molecule has 0 aliphatic carbocycles. The van der Waals surface area contributed by atoms with Gasteiger partial charge in [0.25, 0.3) is 0 Å². The van der Waals surface area contributed by atoms with Gasteiger partial charge in [-0.25, -0.2) is 8.78 Å². The number of amides is 1. The quantitative estimate of drug-likeness (QED) is 0.406. The summed E-state index contributed by atoms with van der Waals surface area (Å²) in [7, 11) is 0. The maximum Gasteiger partial charge on any atom is 0.232 e. The van der Waals surface area contributed by atoms with Gasteiger partial charge < -0.3 is 10.2 Å². The summed E-state index contributed by atoms with van der Waals surface area (Å²) < 4.78 is 33.3. The van der Waals surface area contributed by atoms with Crippen molar-refractivity contribution < 1.29 is 18.0 Å². The molecule has 0 atom stereocenters. The average molecular weight is 461 g/mol. The van der Waals surface area contributed by atoms with Gasteiger partial charge in [0.05, 0.1) is 5.41 Å². The Bertz CT molecular complexity index is 1270. The number of furan rings is 1. The average Bonchev–Trinajstić information content (AvgIpc) is 3.21. The highest BCUT2D eigenvalue weighted by molar-refractivity contribution is 5.90. The maximum atomic E-state index is 13.7. The first kappa shape index (κ1) is 22.3. The van der Waals surface area contributed by atoms with Gasteiger partial charge in [-0.2, -0.15) is 0 Å². The molecule has 0 saturated carbocycles. The number of primary amides is 1. The SMILES string of the molecule is NC(=O)C(CCCN1CCc2oc3ccccc3c2C1)(c1ccc(F)cc1)c1ccc(F)cc1. The standard InChI is InChI=1S/C28H26F2N2O2/c29-21-10-6-19(7-11-21)28(27(31)33,20-8-12-22(30)13-9-20)15-3-16-32-17-14-26-24(18-32)23-4-1-2-5-25(23)34-26/h1-2,4-13H,3,14-18H2,(H2,31,33). The Balaban J connectivity index is 1.39. The molecule has 0 radical (unpaired) electrons. The number of benzene rings is 3. The van der Waals surface area contributed by atoms with Gasteiger partial charge >= 0.3 is 0 Å². The minimum atomic E-state index is -1.18. The van der Waals surface area contributed by atoms with Crippen molar-refractivity contribution in [3.63, 3.8) is 0 Å². The van der Waals surface area contributed by atoms with Gasteiger partial charge in [0.15, 0.2) is 0 Å². The lowest BCUT2D eigenvalue weighted by Crippen LogP contribution is -2.43. The highest BCUT2D eigenvalue weighted by Crippen LogP contribution is 2.38. The lowest BCUT2D eigenvalue weighted by Gasteiger charge is -2.33. The highest BCUT2D eigenvalue weighted by Gasteiger charge is 2.40. The molecule has 0 fully saturated rings. The molecule has 0 unspecified atom stereocenters. The predicted octanol–water partition coefficient (Wildman–Crippen LogP) is 5.32. The Kier molecular flexibility index (Phi) is 5.92. The van der Waals surface area contributed by atoms with Crippen LogP contribution in [0.15, 0.2) is 77.2 Å². The molecule has 3 aromatic carbocycles. The van der Waals surface area contributed by atoms with Crippen molar-refractivity contribution in [2.24, 2.45) is 5.73 Å². The maximum absolute atomic E-state index is 13.7. The van der Waals surface area contributed by atoms with Crippen molar-refractivity contribution >= 4 is 16.9 Å². The van der Waals surface area contributed by atoms with Gasteiger partial charge in [0, 0.05) is 30.5 Å². The van der Waals surface area contributed by atoms with Crippen LogP contribution < -0.4 is 5.73 Å². The van der Waals surface area contributed by atoms with Gasteiger partial charge in [-0.15, -0.1) is 0 Å². The van der Waals surface area contributed by atoms with E-state index in [-0.39, 0.29) is 0 Å². The van der Waals surface area contributed by atoms with Crippen LogP contribution in [0.5, 0.6) is 0 Å². The summed E-state index contributed by atoms with van der Waals surface area (Å²) in [6.07, 6.45) is 1.94. The summed E-state index contributed by atoms with van der Waals surface area (Å²) in [4.78, 5) is 15.3. The van der Waals surface area contributed by atoms with Crippen molar-refractivity contribution in [1.82, 2.24) is 4.90 Å². The summed E-state index contributed by atoms with van der Waals surface area (Å²) in [6.45, 7) is 2.41. The van der Waals surface area contributed by atoms with E-state index in [1.54, 1.807) is 24.3 Å². The first-order chi connectivity index (χ1) is 16.5. The number of para-hydroxylation sites is 1. The zero-order valence-electron chi connectivity index (χ0n) is 18.8. The van der Waals surface area contributed by atoms with E-state index in [0.29, 0.717) is 24.0 Å². The number of carbonyl (C=O) groups excluding carboxylic acids is 1. The predicted molar refractivity (Wildman–Crippen MR) is 127 cm³/mol. The molecule has 4 aromatic rings. The molecule has 0 spiro atoms. The van der Waals surface area contributed by atoms with E-state index in [1.807, 2.05) is 18.2 Å². The number of rotatable bonds is 7. The largest absolute Gasteiger partial charge is 0.461 e. The summed E-state index contributed by atoms with van der Waals surface area (Å²) in [5, 5.41) is 1.14. The number of fused-ring (bicyclic) bond motifs is 3. The lowest BCUT2D eigenvalue weighted by atomic mass is 9.70. The third-order valence-electron chi connectivity index (χ3n) is 6.94. The molecule has 1 aromatic heterocycles. The molecule has 6 heteroatoms. The van der Waals surface area contributed by atoms with E-state index < -0.39 is 23.0 Å². The van der Waals surface area contributed by atoms with Crippen LogP contribution in [0.4, 0.5) is 8.78 Å². The van der Waals surface area contributed by atoms with Crippen LogP contribution in [0.25, 0.3) is 11.0 Å². The van der Waals surface area contributed by atoms with Crippen molar-refractivity contribution in [3.05, 3.63) is 107 Å². The number of hydrogen-bond acceptors (Lipinski definition) is 3. The van der Waals surface area contributed by atoms with Gasteiger partial charge in [-0.3, -0.25) is 9.69 Å². The molecule has 2 heterocycles. The van der Waals surface area contributed by atoms with Gasteiger partial charge in [-0.1, -0.05) is 42.5 Å². The molecule has 174 valence electrons. The van der Waals surface area contributed by atoms with Crippen LogP contribution in [0.3, 0.4) is 0 Å². The summed E-state index contributed by atoms with van der Waals surface area (Å²) in [6, 6.07) is 19.7. The van der Waals surface area contributed by atoms with Gasteiger partial charge in [-0.05, 0) is 60.8 Å². The number of hydrogen-bond donors (Lipinski definition) is 1. The third kappa shape index (κ3) is 3.99. The topological polar surface area (TPSA) is 59.5 Å². The smallest absolute Gasteiger partial charge is 0.232 e. The lowest BCUT2D eigenvalue weighted by molar-refractivity contribution is -0.122. The fourth-order valence-corrected chi connectivity index (χ4v) is 5.18. The van der Waals surface area contributed by atoms with Crippen LogP contribution in [0.2, 0.25) is 0 Å². The second-order valence-corrected chi connectivity index (χ2v) is 8.91. The van der Waals surface area contributed by atoms with Crippen molar-refractivity contribution in [3.8, 4) is 0 Å². The summed E-state index contributed by atoms with van der Waals surface area (Å²) in [5.41, 5.74) is 8.16. The van der Waals surface area contributed by atoms with E-state index in [2.05, 4.69) is 11.0 Å². The molecule has 0 bridgehead atoms. The van der Waals surface area contributed by atoms with Gasteiger partial charge in [0.1, 0.15) is 23.0 Å². The summed E-state index contributed by atoms with van der Waals surface area (Å²) >= 11 is 0. The molecule has 0 saturated heterocycles. The zero-order valence-corrected chi connectivity index (χ0v) is 18.8. The molecular formula is C28H26F2N2O2. The molecule has 4 nitrogen and oxygen atoms in total. The minimum Gasteiger partial charge on any atom is -0.461 e. The third-order valence-corrected chi connectivity index (χ3v) is 6.94. The fraction of sp³-hybridized carbons (Fsp3) is 0.250. The number of halogens is 2. The van der Waals surface area contributed by atoms with E-state index in [4.69, 9.17) is 10.2 Å². The summed E-state index contributed by atoms with van der Waals surface area (Å²) in [5.74, 6) is -0.274. The van der Waals surface area contributed by atoms with Crippen LogP contribution in [-0.4, -0.2) is 23.9 Å². The number of nitrogens with two attached hydrogens (primary N) is 1. The Morgan fingerprint density at radius 2 is 1.56 bits per heavy atom. The Morgan fingerprint density at radius 1 is 0.941 bits per heavy atom. The van der Waals surface area contributed by atoms with Crippen molar-refractivity contribution in [2.75, 3.05) is 13.1 Å². The van der Waals surface area contributed by atoms with Gasteiger partial charge in [0.2, 0.25) is 5.91 Å². The fourth-order valence-electron chi connectivity index (χ4n) is 5.18. The first-order valence-corrected chi connectivity index (χ1v) is 11.5. The van der Waals surface area contributed by atoms with E-state index in [0.717, 1.165) is 42.8 Å². The monoisotopic (exact) mass is 460 g/mol. The molecule has 1 amide bonds. The Morgan fingerprint density at radius 3 is 2.18 bits per heavy atom. The van der Waals surface area contributed by atoms with Crippen LogP contribution in [-0.2, 0) is 23.2 Å².